The van der Waals surface area contributed by atoms with Crippen molar-refractivity contribution in [3.05, 3.63) is 76.8 Å². The Morgan fingerprint density at radius 2 is 1.52 bits per heavy atom. The maximum atomic E-state index is 12.5. The Morgan fingerprint density at radius 3 is 2.22 bits per heavy atom. The van der Waals surface area contributed by atoms with Crippen molar-refractivity contribution in [3.63, 3.8) is 0 Å². The smallest absolute Gasteiger partial charge is 0.337 e. The number of aromatic carboxylic acids is 1. The summed E-state index contributed by atoms with van der Waals surface area (Å²) in [6.45, 7) is 0. The molecule has 0 bridgehead atoms. The van der Waals surface area contributed by atoms with Crippen LogP contribution in [0.3, 0.4) is 0 Å². The maximum absolute atomic E-state index is 12.5. The first kappa shape index (κ1) is 16.9. The number of carbonyl (C=O) groups excluding carboxylic acids is 1. The SMILES string of the molecule is O=C(Nc1ccc(Cl)c(C(=O)O)c1)c1ccc2nc3ccccc3nc2c1. The first-order valence-electron chi connectivity index (χ1n) is 8.02. The molecule has 0 aliphatic heterocycles. The molecule has 0 radical (unpaired) electrons. The zero-order chi connectivity index (χ0) is 19.0. The van der Waals surface area contributed by atoms with Gasteiger partial charge >= 0.3 is 5.97 Å². The maximum Gasteiger partial charge on any atom is 0.337 e. The summed E-state index contributed by atoms with van der Waals surface area (Å²) in [7, 11) is 0. The Kier molecular flexibility index (Phi) is 4.18. The summed E-state index contributed by atoms with van der Waals surface area (Å²) in [6, 6.07) is 16.8. The van der Waals surface area contributed by atoms with Gasteiger partial charge in [0.05, 0.1) is 32.7 Å². The number of nitrogens with zero attached hydrogens (tertiary/aromatic N) is 2. The Morgan fingerprint density at radius 1 is 0.852 bits per heavy atom. The van der Waals surface area contributed by atoms with Gasteiger partial charge in [0.2, 0.25) is 0 Å². The van der Waals surface area contributed by atoms with Crippen LogP contribution in [0.15, 0.2) is 60.7 Å². The van der Waals surface area contributed by atoms with Gasteiger partial charge in [-0.2, -0.15) is 0 Å². The van der Waals surface area contributed by atoms with Crippen molar-refractivity contribution in [2.24, 2.45) is 0 Å². The highest BCUT2D eigenvalue weighted by molar-refractivity contribution is 6.33. The summed E-state index contributed by atoms with van der Waals surface area (Å²) in [5.74, 6) is -1.55. The second kappa shape index (κ2) is 6.66. The van der Waals surface area contributed by atoms with Gasteiger partial charge < -0.3 is 10.4 Å². The van der Waals surface area contributed by atoms with E-state index < -0.39 is 5.97 Å². The van der Waals surface area contributed by atoms with Gasteiger partial charge in [0, 0.05) is 11.3 Å². The fourth-order valence-electron chi connectivity index (χ4n) is 2.73. The number of halogens is 1. The third-order valence-electron chi connectivity index (χ3n) is 4.06. The molecular formula is C20H12ClN3O3. The molecule has 0 fully saturated rings. The number of carboxylic acid groups (broad SMARTS) is 1. The van der Waals surface area contributed by atoms with E-state index in [1.165, 1.54) is 12.1 Å². The number of carboxylic acids is 1. The molecule has 1 aromatic heterocycles. The molecule has 0 spiro atoms. The summed E-state index contributed by atoms with van der Waals surface area (Å²) in [5.41, 5.74) is 3.46. The number of amides is 1. The molecule has 0 aliphatic rings. The van der Waals surface area contributed by atoms with Crippen LogP contribution in [-0.4, -0.2) is 27.0 Å². The number of benzene rings is 3. The minimum absolute atomic E-state index is 0.0784. The van der Waals surface area contributed by atoms with Crippen LogP contribution in [0.5, 0.6) is 0 Å². The van der Waals surface area contributed by atoms with Crippen LogP contribution in [-0.2, 0) is 0 Å². The summed E-state index contributed by atoms with van der Waals surface area (Å²) in [6.07, 6.45) is 0. The summed E-state index contributed by atoms with van der Waals surface area (Å²) in [5, 5.41) is 11.9. The van der Waals surface area contributed by atoms with Crippen molar-refractivity contribution in [1.29, 1.82) is 0 Å². The fraction of sp³-hybridized carbons (Fsp3) is 0. The van der Waals surface area contributed by atoms with Crippen molar-refractivity contribution in [3.8, 4) is 0 Å². The first-order chi connectivity index (χ1) is 13.0. The number of aromatic nitrogens is 2. The van der Waals surface area contributed by atoms with E-state index in [0.29, 0.717) is 22.3 Å². The first-order valence-corrected chi connectivity index (χ1v) is 8.40. The highest BCUT2D eigenvalue weighted by Crippen LogP contribution is 2.22. The van der Waals surface area contributed by atoms with Gasteiger partial charge in [-0.25, -0.2) is 14.8 Å². The average Bonchev–Trinajstić information content (AvgIpc) is 2.67. The van der Waals surface area contributed by atoms with Gasteiger partial charge in [-0.1, -0.05) is 23.7 Å². The van der Waals surface area contributed by atoms with Crippen molar-refractivity contribution >= 4 is 51.2 Å². The van der Waals surface area contributed by atoms with Gasteiger partial charge in [0.15, 0.2) is 0 Å². The molecule has 1 amide bonds. The molecule has 2 N–H and O–H groups in total. The van der Waals surface area contributed by atoms with E-state index in [2.05, 4.69) is 15.3 Å². The number of hydrogen-bond donors (Lipinski definition) is 2. The van der Waals surface area contributed by atoms with Gasteiger partial charge in [0.1, 0.15) is 0 Å². The highest BCUT2D eigenvalue weighted by Gasteiger charge is 2.13. The minimum Gasteiger partial charge on any atom is -0.478 e. The Balaban J connectivity index is 1.67. The van der Waals surface area contributed by atoms with Gasteiger partial charge in [0.25, 0.3) is 5.91 Å². The van der Waals surface area contributed by atoms with E-state index in [4.69, 9.17) is 16.7 Å². The monoisotopic (exact) mass is 377 g/mol. The van der Waals surface area contributed by atoms with Crippen LogP contribution in [0.1, 0.15) is 20.7 Å². The molecule has 1 heterocycles. The molecule has 27 heavy (non-hydrogen) atoms. The predicted octanol–water partition coefficient (Wildman–Crippen LogP) is 4.39. The van der Waals surface area contributed by atoms with Crippen molar-refractivity contribution in [2.75, 3.05) is 5.32 Å². The summed E-state index contributed by atoms with van der Waals surface area (Å²) in [4.78, 5) is 32.8. The highest BCUT2D eigenvalue weighted by atomic mass is 35.5. The van der Waals surface area contributed by atoms with Crippen molar-refractivity contribution in [2.45, 2.75) is 0 Å². The Hall–Kier alpha value is -3.51. The topological polar surface area (TPSA) is 92.2 Å². The van der Waals surface area contributed by atoms with E-state index in [-0.39, 0.29) is 16.5 Å². The van der Waals surface area contributed by atoms with E-state index >= 15 is 0 Å². The number of nitrogens with one attached hydrogen (secondary N) is 1. The number of fused-ring (bicyclic) bond motifs is 2. The lowest BCUT2D eigenvalue weighted by molar-refractivity contribution is 0.0696. The Bertz CT molecular complexity index is 1220. The number of carbonyl (C=O) groups is 2. The number of para-hydroxylation sites is 2. The molecule has 132 valence electrons. The van der Waals surface area contributed by atoms with Gasteiger partial charge in [-0.15, -0.1) is 0 Å². The lowest BCUT2D eigenvalue weighted by Crippen LogP contribution is -2.12. The van der Waals surface area contributed by atoms with Crippen LogP contribution >= 0.6 is 11.6 Å². The average molecular weight is 378 g/mol. The second-order valence-electron chi connectivity index (χ2n) is 5.87. The molecule has 6 nitrogen and oxygen atoms in total. The van der Waals surface area contributed by atoms with Crippen LogP contribution in [0.25, 0.3) is 22.1 Å². The molecule has 4 aromatic rings. The zero-order valence-electron chi connectivity index (χ0n) is 13.8. The van der Waals surface area contributed by atoms with Crippen molar-refractivity contribution in [1.82, 2.24) is 9.97 Å². The number of rotatable bonds is 3. The third kappa shape index (κ3) is 3.30. The molecule has 0 saturated heterocycles. The normalized spacial score (nSPS) is 10.9. The van der Waals surface area contributed by atoms with E-state index in [1.807, 2.05) is 24.3 Å². The number of anilines is 1. The van der Waals surface area contributed by atoms with E-state index in [0.717, 1.165) is 11.0 Å². The van der Waals surface area contributed by atoms with Crippen LogP contribution in [0, 0.1) is 0 Å². The summed E-state index contributed by atoms with van der Waals surface area (Å²) < 4.78 is 0. The zero-order valence-corrected chi connectivity index (χ0v) is 14.6. The van der Waals surface area contributed by atoms with Crippen molar-refractivity contribution < 1.29 is 14.7 Å². The van der Waals surface area contributed by atoms with Gasteiger partial charge in [-0.3, -0.25) is 4.79 Å². The minimum atomic E-state index is -1.16. The van der Waals surface area contributed by atoms with Crippen LogP contribution in [0.4, 0.5) is 5.69 Å². The quantitative estimate of drug-likeness (QED) is 0.517. The third-order valence-corrected chi connectivity index (χ3v) is 4.39. The standard InChI is InChI=1S/C20H12ClN3O3/c21-14-7-6-12(10-13(14)20(26)27)22-19(25)11-5-8-17-18(9-11)24-16-4-2-1-3-15(16)23-17/h1-10H,(H,22,25)(H,26,27). The molecule has 0 saturated carbocycles. The predicted molar refractivity (Wildman–Crippen MR) is 103 cm³/mol. The number of hydrogen-bond acceptors (Lipinski definition) is 4. The molecular weight excluding hydrogens is 366 g/mol. The second-order valence-corrected chi connectivity index (χ2v) is 6.28. The lowest BCUT2D eigenvalue weighted by atomic mass is 10.1. The van der Waals surface area contributed by atoms with E-state index in [1.54, 1.807) is 24.3 Å². The van der Waals surface area contributed by atoms with Crippen LogP contribution in [0.2, 0.25) is 5.02 Å². The molecule has 0 unspecified atom stereocenters. The van der Waals surface area contributed by atoms with Crippen LogP contribution < -0.4 is 5.32 Å². The van der Waals surface area contributed by atoms with Gasteiger partial charge in [-0.05, 0) is 48.5 Å². The fourth-order valence-corrected chi connectivity index (χ4v) is 2.93. The lowest BCUT2D eigenvalue weighted by Gasteiger charge is -2.08. The molecule has 0 aliphatic carbocycles. The Labute approximate surface area is 158 Å². The molecule has 0 atom stereocenters. The molecule has 4 rings (SSSR count). The van der Waals surface area contributed by atoms with E-state index in [9.17, 15) is 9.59 Å². The molecule has 7 heteroatoms. The largest absolute Gasteiger partial charge is 0.478 e. The summed E-state index contributed by atoms with van der Waals surface area (Å²) >= 11 is 5.85. The molecule has 3 aromatic carbocycles.